The molecule has 0 aliphatic heterocycles. The molecule has 3 heteroatoms. The maximum Gasteiger partial charge on any atom is 0.0488 e. The first-order valence-corrected chi connectivity index (χ1v) is 7.47. The van der Waals surface area contributed by atoms with Gasteiger partial charge in [-0.05, 0) is 52.0 Å². The number of hydrogen-bond acceptors (Lipinski definition) is 2. The Hall–Kier alpha value is -0.640. The molecule has 0 aliphatic rings. The van der Waals surface area contributed by atoms with Gasteiger partial charge in [-0.1, -0.05) is 31.2 Å². The average molecular weight is 310 g/mol. The number of rotatable bonds is 4. The first-order valence-electron chi connectivity index (χ1n) is 5.79. The van der Waals surface area contributed by atoms with E-state index >= 15 is 0 Å². The third-order valence-electron chi connectivity index (χ3n) is 2.80. The molecule has 0 aliphatic carbocycles. The fraction of sp³-hybridized carbons (Fsp3) is 0.286. The summed E-state index contributed by atoms with van der Waals surface area (Å²) in [4.78, 5) is 1.31. The van der Waals surface area contributed by atoms with E-state index in [4.69, 9.17) is 0 Å². The Bertz CT molecular complexity index is 492. The molecule has 0 saturated heterocycles. The summed E-state index contributed by atoms with van der Waals surface area (Å²) >= 11 is 5.39. The minimum Gasteiger partial charge on any atom is -0.310 e. The molecular formula is C14H16BrNS. The van der Waals surface area contributed by atoms with Gasteiger partial charge in [0, 0.05) is 15.4 Å². The predicted molar refractivity (Wildman–Crippen MR) is 79.5 cm³/mol. The smallest absolute Gasteiger partial charge is 0.0488 e. The summed E-state index contributed by atoms with van der Waals surface area (Å²) in [5.74, 6) is 0. The summed E-state index contributed by atoms with van der Waals surface area (Å²) in [6.45, 7) is 5.34. The van der Waals surface area contributed by atoms with E-state index in [0.29, 0.717) is 6.04 Å². The van der Waals surface area contributed by atoms with E-state index in [-0.39, 0.29) is 0 Å². The van der Waals surface area contributed by atoms with Gasteiger partial charge < -0.3 is 5.32 Å². The third-order valence-corrected chi connectivity index (χ3v) is 4.67. The second kappa shape index (κ2) is 5.80. The van der Waals surface area contributed by atoms with Gasteiger partial charge in [-0.2, -0.15) is 0 Å². The van der Waals surface area contributed by atoms with E-state index in [2.05, 4.69) is 70.8 Å². The standard InChI is InChI=1S/C14H16BrNS/c1-3-16-10(2)11-6-4-5-7-12(11)14-13(15)8-9-17-14/h4-10,16H,3H2,1-2H3. The second-order valence-corrected chi connectivity index (χ2v) is 5.73. The van der Waals surface area contributed by atoms with Gasteiger partial charge in [0.15, 0.2) is 0 Å². The van der Waals surface area contributed by atoms with Crippen molar-refractivity contribution in [2.45, 2.75) is 19.9 Å². The molecule has 0 amide bonds. The highest BCUT2D eigenvalue weighted by atomic mass is 79.9. The van der Waals surface area contributed by atoms with Crippen molar-refractivity contribution in [1.82, 2.24) is 5.32 Å². The molecule has 1 unspecified atom stereocenters. The predicted octanol–water partition coefficient (Wildman–Crippen LogP) is 4.85. The molecule has 1 aromatic carbocycles. The monoisotopic (exact) mass is 309 g/mol. The zero-order valence-corrected chi connectivity index (χ0v) is 12.4. The van der Waals surface area contributed by atoms with Crippen molar-refractivity contribution >= 4 is 27.3 Å². The Morgan fingerprint density at radius 2 is 2.06 bits per heavy atom. The lowest BCUT2D eigenvalue weighted by Crippen LogP contribution is -2.18. The van der Waals surface area contributed by atoms with Gasteiger partial charge in [-0.3, -0.25) is 0 Å². The molecule has 2 rings (SSSR count). The number of thiophene rings is 1. The lowest BCUT2D eigenvalue weighted by molar-refractivity contribution is 0.599. The van der Waals surface area contributed by atoms with Crippen LogP contribution < -0.4 is 5.32 Å². The van der Waals surface area contributed by atoms with Gasteiger partial charge in [0.05, 0.1) is 0 Å². The molecule has 2 aromatic rings. The number of halogens is 1. The van der Waals surface area contributed by atoms with Crippen molar-refractivity contribution in [2.24, 2.45) is 0 Å². The molecule has 1 heterocycles. The Morgan fingerprint density at radius 3 is 2.71 bits per heavy atom. The van der Waals surface area contributed by atoms with E-state index in [1.165, 1.54) is 20.5 Å². The molecule has 0 spiro atoms. The largest absolute Gasteiger partial charge is 0.310 e. The lowest BCUT2D eigenvalue weighted by Gasteiger charge is -2.16. The normalized spacial score (nSPS) is 12.6. The van der Waals surface area contributed by atoms with Crippen LogP contribution in [0.3, 0.4) is 0 Å². The number of hydrogen-bond donors (Lipinski definition) is 1. The van der Waals surface area contributed by atoms with Gasteiger partial charge in [-0.15, -0.1) is 11.3 Å². The average Bonchev–Trinajstić information content (AvgIpc) is 2.76. The molecule has 1 atom stereocenters. The fourth-order valence-corrected chi connectivity index (χ4v) is 3.62. The quantitative estimate of drug-likeness (QED) is 0.851. The van der Waals surface area contributed by atoms with Crippen LogP contribution in [0.15, 0.2) is 40.2 Å². The SMILES string of the molecule is CCNC(C)c1ccccc1-c1sccc1Br. The summed E-state index contributed by atoms with van der Waals surface area (Å²) in [7, 11) is 0. The fourth-order valence-electron chi connectivity index (χ4n) is 1.98. The molecule has 0 fully saturated rings. The zero-order valence-electron chi connectivity index (χ0n) is 10.0. The Morgan fingerprint density at radius 1 is 1.29 bits per heavy atom. The van der Waals surface area contributed by atoms with Crippen molar-refractivity contribution < 1.29 is 0 Å². The highest BCUT2D eigenvalue weighted by Crippen LogP contribution is 2.37. The van der Waals surface area contributed by atoms with Gasteiger partial charge >= 0.3 is 0 Å². The minimum absolute atomic E-state index is 0.380. The van der Waals surface area contributed by atoms with Crippen molar-refractivity contribution in [2.75, 3.05) is 6.54 Å². The molecule has 0 saturated carbocycles. The van der Waals surface area contributed by atoms with Crippen molar-refractivity contribution in [3.8, 4) is 10.4 Å². The van der Waals surface area contributed by atoms with Crippen LogP contribution in [0.4, 0.5) is 0 Å². The van der Waals surface area contributed by atoms with Gasteiger partial charge in [-0.25, -0.2) is 0 Å². The molecular weight excluding hydrogens is 294 g/mol. The maximum atomic E-state index is 3.62. The van der Waals surface area contributed by atoms with E-state index in [1.54, 1.807) is 11.3 Å². The van der Waals surface area contributed by atoms with Crippen LogP contribution in [-0.4, -0.2) is 6.54 Å². The molecule has 90 valence electrons. The van der Waals surface area contributed by atoms with Crippen LogP contribution in [0.1, 0.15) is 25.5 Å². The first kappa shape index (κ1) is 12.8. The topological polar surface area (TPSA) is 12.0 Å². The van der Waals surface area contributed by atoms with Crippen molar-refractivity contribution in [3.63, 3.8) is 0 Å². The zero-order chi connectivity index (χ0) is 12.3. The molecule has 1 N–H and O–H groups in total. The molecule has 1 aromatic heterocycles. The third kappa shape index (κ3) is 2.79. The van der Waals surface area contributed by atoms with E-state index in [9.17, 15) is 0 Å². The van der Waals surface area contributed by atoms with Crippen molar-refractivity contribution in [3.05, 3.63) is 45.7 Å². The van der Waals surface area contributed by atoms with Gasteiger partial charge in [0.1, 0.15) is 0 Å². The highest BCUT2D eigenvalue weighted by molar-refractivity contribution is 9.10. The molecule has 1 nitrogen and oxygen atoms in total. The Kier molecular flexibility index (Phi) is 4.37. The van der Waals surface area contributed by atoms with Crippen molar-refractivity contribution in [1.29, 1.82) is 0 Å². The van der Waals surface area contributed by atoms with Crippen LogP contribution in [0.5, 0.6) is 0 Å². The summed E-state index contributed by atoms with van der Waals surface area (Å²) in [6, 6.07) is 11.1. The summed E-state index contributed by atoms with van der Waals surface area (Å²) in [6.07, 6.45) is 0. The van der Waals surface area contributed by atoms with E-state index in [1.807, 2.05) is 0 Å². The van der Waals surface area contributed by atoms with Gasteiger partial charge in [0.25, 0.3) is 0 Å². The Balaban J connectivity index is 2.44. The van der Waals surface area contributed by atoms with Crippen LogP contribution in [0, 0.1) is 0 Å². The summed E-state index contributed by atoms with van der Waals surface area (Å²) in [5, 5.41) is 5.59. The summed E-state index contributed by atoms with van der Waals surface area (Å²) < 4.78 is 1.18. The van der Waals surface area contributed by atoms with Crippen LogP contribution in [0.2, 0.25) is 0 Å². The van der Waals surface area contributed by atoms with Crippen LogP contribution >= 0.6 is 27.3 Å². The second-order valence-electron chi connectivity index (χ2n) is 3.96. The maximum absolute atomic E-state index is 3.62. The molecule has 0 bridgehead atoms. The van der Waals surface area contributed by atoms with Gasteiger partial charge in [0.2, 0.25) is 0 Å². The van der Waals surface area contributed by atoms with Crippen LogP contribution in [-0.2, 0) is 0 Å². The van der Waals surface area contributed by atoms with E-state index in [0.717, 1.165) is 6.54 Å². The van der Waals surface area contributed by atoms with Crippen LogP contribution in [0.25, 0.3) is 10.4 Å². The minimum atomic E-state index is 0.380. The highest BCUT2D eigenvalue weighted by Gasteiger charge is 2.13. The summed E-state index contributed by atoms with van der Waals surface area (Å²) in [5.41, 5.74) is 2.68. The Labute approximate surface area is 115 Å². The number of nitrogens with one attached hydrogen (secondary N) is 1. The molecule has 17 heavy (non-hydrogen) atoms. The first-order chi connectivity index (χ1) is 8.24. The molecule has 0 radical (unpaired) electrons. The lowest BCUT2D eigenvalue weighted by atomic mass is 10.0. The number of benzene rings is 1. The van der Waals surface area contributed by atoms with E-state index < -0.39 is 0 Å².